The molecule has 0 unspecified atom stereocenters. The normalized spacial score (nSPS) is 9.38. The van der Waals surface area contributed by atoms with Gasteiger partial charge in [0.2, 0.25) is 0 Å². The van der Waals surface area contributed by atoms with Crippen molar-refractivity contribution >= 4 is 37.5 Å². The fourth-order valence-corrected chi connectivity index (χ4v) is 2.70. The van der Waals surface area contributed by atoms with Crippen molar-refractivity contribution < 1.29 is 0 Å². The number of hydrogen-bond donors (Lipinski definition) is 1. The average molecular weight is 303 g/mol. The van der Waals surface area contributed by atoms with Gasteiger partial charge in [-0.05, 0) is 56.5 Å². The monoisotopic (exact) mass is 301 g/mol. The summed E-state index contributed by atoms with van der Waals surface area (Å²) in [5, 5.41) is 3.13. The van der Waals surface area contributed by atoms with Crippen molar-refractivity contribution in [1.29, 1.82) is 0 Å². The van der Waals surface area contributed by atoms with Crippen LogP contribution < -0.4 is 5.32 Å². The molecule has 68 valence electrons. The summed E-state index contributed by atoms with van der Waals surface area (Å²) in [5.41, 5.74) is 2.20. The zero-order chi connectivity index (χ0) is 9.84. The van der Waals surface area contributed by atoms with Gasteiger partial charge < -0.3 is 5.32 Å². The number of rotatable bonds is 2. The van der Waals surface area contributed by atoms with Crippen LogP contribution in [0.2, 0.25) is 0 Å². The smallest absolute Gasteiger partial charge is 0.0764 e. The number of halogens is 2. The van der Waals surface area contributed by atoms with Gasteiger partial charge >= 0.3 is 0 Å². The molecule has 0 saturated carbocycles. The first-order chi connectivity index (χ1) is 6.15. The van der Waals surface area contributed by atoms with E-state index in [-0.39, 0.29) is 0 Å². The van der Waals surface area contributed by atoms with Gasteiger partial charge in [0.05, 0.1) is 12.2 Å². The first-order valence-electron chi connectivity index (χ1n) is 3.78. The zero-order valence-corrected chi connectivity index (χ0v) is 10.4. The second-order valence-electron chi connectivity index (χ2n) is 2.66. The van der Waals surface area contributed by atoms with Gasteiger partial charge in [-0.3, -0.25) is 0 Å². The van der Waals surface area contributed by atoms with E-state index in [2.05, 4.69) is 43.1 Å². The van der Waals surface area contributed by atoms with Crippen molar-refractivity contribution in [2.24, 2.45) is 0 Å². The van der Waals surface area contributed by atoms with E-state index in [4.69, 9.17) is 6.42 Å². The van der Waals surface area contributed by atoms with Gasteiger partial charge in [-0.1, -0.05) is 5.92 Å². The fourth-order valence-electron chi connectivity index (χ4n) is 1.01. The van der Waals surface area contributed by atoms with Crippen LogP contribution in [0.5, 0.6) is 0 Å². The molecule has 0 amide bonds. The van der Waals surface area contributed by atoms with E-state index in [0.717, 1.165) is 14.6 Å². The first kappa shape index (κ1) is 10.6. The molecule has 1 N–H and O–H groups in total. The lowest BCUT2D eigenvalue weighted by Crippen LogP contribution is -2.00. The molecule has 0 heterocycles. The highest BCUT2D eigenvalue weighted by Crippen LogP contribution is 2.31. The van der Waals surface area contributed by atoms with Gasteiger partial charge in [-0.25, -0.2) is 0 Å². The van der Waals surface area contributed by atoms with Crippen molar-refractivity contribution in [2.45, 2.75) is 6.92 Å². The second kappa shape index (κ2) is 4.69. The zero-order valence-electron chi connectivity index (χ0n) is 7.20. The number of anilines is 1. The van der Waals surface area contributed by atoms with Crippen molar-refractivity contribution in [3.8, 4) is 12.3 Å². The lowest BCUT2D eigenvalue weighted by Gasteiger charge is -2.09. The Labute approximate surface area is 95.2 Å². The summed E-state index contributed by atoms with van der Waals surface area (Å²) in [6.07, 6.45) is 5.16. The van der Waals surface area contributed by atoms with Crippen LogP contribution in [-0.2, 0) is 0 Å². The van der Waals surface area contributed by atoms with E-state index < -0.39 is 0 Å². The Morgan fingerprint density at radius 3 is 2.38 bits per heavy atom. The molecule has 0 atom stereocenters. The predicted octanol–water partition coefficient (Wildman–Crippen LogP) is 3.57. The lowest BCUT2D eigenvalue weighted by molar-refractivity contribution is 1.33. The van der Waals surface area contributed by atoms with E-state index >= 15 is 0 Å². The summed E-state index contributed by atoms with van der Waals surface area (Å²) in [4.78, 5) is 0. The number of hydrogen-bond acceptors (Lipinski definition) is 1. The quantitative estimate of drug-likeness (QED) is 0.824. The van der Waals surface area contributed by atoms with Gasteiger partial charge in [0.15, 0.2) is 0 Å². The van der Waals surface area contributed by atoms with E-state index in [1.165, 1.54) is 5.56 Å². The van der Waals surface area contributed by atoms with E-state index in [1.807, 2.05) is 19.1 Å². The topological polar surface area (TPSA) is 12.0 Å². The highest BCUT2D eigenvalue weighted by molar-refractivity contribution is 9.11. The number of benzene rings is 1. The molecule has 0 fully saturated rings. The molecule has 1 aromatic carbocycles. The molecule has 0 aliphatic carbocycles. The van der Waals surface area contributed by atoms with Crippen LogP contribution in [0.15, 0.2) is 21.1 Å². The van der Waals surface area contributed by atoms with Crippen LogP contribution in [0.1, 0.15) is 5.56 Å². The lowest BCUT2D eigenvalue weighted by atomic mass is 10.2. The molecule has 1 aromatic rings. The number of terminal acetylenes is 1. The minimum Gasteiger partial charge on any atom is -0.372 e. The first-order valence-corrected chi connectivity index (χ1v) is 5.36. The summed E-state index contributed by atoms with van der Waals surface area (Å²) in [5.74, 6) is 2.53. The SMILES string of the molecule is C#CCNc1c(Br)cc(C)cc1Br. The molecule has 1 rings (SSSR count). The van der Waals surface area contributed by atoms with Crippen LogP contribution in [0.25, 0.3) is 0 Å². The molecular formula is C10H9Br2N. The summed E-state index contributed by atoms with van der Waals surface area (Å²) in [7, 11) is 0. The van der Waals surface area contributed by atoms with Crippen LogP contribution in [-0.4, -0.2) is 6.54 Å². The van der Waals surface area contributed by atoms with Crippen molar-refractivity contribution in [2.75, 3.05) is 11.9 Å². The fraction of sp³-hybridized carbons (Fsp3) is 0.200. The summed E-state index contributed by atoms with van der Waals surface area (Å²) >= 11 is 6.93. The van der Waals surface area contributed by atoms with Crippen LogP contribution in [0, 0.1) is 19.3 Å². The van der Waals surface area contributed by atoms with Crippen LogP contribution in [0.3, 0.4) is 0 Å². The molecule has 0 aromatic heterocycles. The standard InChI is InChI=1S/C10H9Br2N/c1-3-4-13-10-8(11)5-7(2)6-9(10)12/h1,5-6,13H,4H2,2H3. The molecular weight excluding hydrogens is 294 g/mol. The average Bonchev–Trinajstić information content (AvgIpc) is 2.02. The summed E-state index contributed by atoms with van der Waals surface area (Å²) < 4.78 is 2.05. The van der Waals surface area contributed by atoms with Crippen molar-refractivity contribution in [1.82, 2.24) is 0 Å². The molecule has 1 nitrogen and oxygen atoms in total. The summed E-state index contributed by atoms with van der Waals surface area (Å²) in [6.45, 7) is 2.57. The third kappa shape index (κ3) is 2.75. The molecule has 3 heteroatoms. The van der Waals surface area contributed by atoms with Gasteiger partial charge in [0.1, 0.15) is 0 Å². The maximum absolute atomic E-state index is 5.16. The van der Waals surface area contributed by atoms with Gasteiger partial charge in [-0.15, -0.1) is 6.42 Å². The molecule has 0 saturated heterocycles. The highest BCUT2D eigenvalue weighted by Gasteiger charge is 2.04. The summed E-state index contributed by atoms with van der Waals surface area (Å²) in [6, 6.07) is 4.09. The molecule has 0 spiro atoms. The maximum atomic E-state index is 5.16. The van der Waals surface area contributed by atoms with Crippen LogP contribution in [0.4, 0.5) is 5.69 Å². The number of nitrogens with one attached hydrogen (secondary N) is 1. The Bertz CT molecular complexity index is 329. The van der Waals surface area contributed by atoms with Gasteiger partial charge in [0, 0.05) is 8.95 Å². The molecule has 13 heavy (non-hydrogen) atoms. The third-order valence-corrected chi connectivity index (χ3v) is 2.80. The maximum Gasteiger partial charge on any atom is 0.0764 e. The third-order valence-electron chi connectivity index (χ3n) is 1.55. The minimum absolute atomic E-state index is 0.528. The Hall–Kier alpha value is -0.460. The van der Waals surface area contributed by atoms with Gasteiger partial charge in [-0.2, -0.15) is 0 Å². The minimum atomic E-state index is 0.528. The predicted molar refractivity (Wildman–Crippen MR) is 63.9 cm³/mol. The Morgan fingerprint density at radius 2 is 1.92 bits per heavy atom. The van der Waals surface area contributed by atoms with Crippen molar-refractivity contribution in [3.05, 3.63) is 26.6 Å². The molecule has 0 aliphatic heterocycles. The molecule has 0 aliphatic rings. The largest absolute Gasteiger partial charge is 0.372 e. The second-order valence-corrected chi connectivity index (χ2v) is 4.37. The Morgan fingerprint density at radius 1 is 1.38 bits per heavy atom. The highest BCUT2D eigenvalue weighted by atomic mass is 79.9. The van der Waals surface area contributed by atoms with E-state index in [1.54, 1.807) is 0 Å². The Kier molecular flexibility index (Phi) is 3.83. The molecule has 0 radical (unpaired) electrons. The number of aryl methyl sites for hydroxylation is 1. The molecule has 0 bridgehead atoms. The van der Waals surface area contributed by atoms with Crippen molar-refractivity contribution in [3.63, 3.8) is 0 Å². The van der Waals surface area contributed by atoms with Gasteiger partial charge in [0.25, 0.3) is 0 Å². The van der Waals surface area contributed by atoms with Crippen LogP contribution >= 0.6 is 31.9 Å². The van der Waals surface area contributed by atoms with E-state index in [9.17, 15) is 0 Å². The Balaban J connectivity index is 3.00. The van der Waals surface area contributed by atoms with E-state index in [0.29, 0.717) is 6.54 Å².